The molecule has 0 heterocycles. The van der Waals surface area contributed by atoms with Gasteiger partial charge in [0.1, 0.15) is 0 Å². The lowest BCUT2D eigenvalue weighted by Gasteiger charge is -2.08. The van der Waals surface area contributed by atoms with Gasteiger partial charge in [-0.3, -0.25) is 0 Å². The van der Waals surface area contributed by atoms with Crippen LogP contribution in [0.25, 0.3) is 6.08 Å². The fraction of sp³-hybridized carbons (Fsp3) is 0.571. The number of carboxylic acids is 1. The van der Waals surface area contributed by atoms with Crippen molar-refractivity contribution in [2.75, 3.05) is 0 Å². The highest BCUT2D eigenvalue weighted by Gasteiger charge is 2.06. The highest BCUT2D eigenvalue weighted by Crippen LogP contribution is 2.29. The number of aryl methyl sites for hydroxylation is 1. The third-order valence-electron chi connectivity index (χ3n) is 4.35. The van der Waals surface area contributed by atoms with E-state index in [4.69, 9.17) is 5.11 Å². The van der Waals surface area contributed by atoms with Crippen LogP contribution in [0.4, 0.5) is 0 Å². The maximum Gasteiger partial charge on any atom is 0.328 e. The molecule has 4 heteroatoms. The zero-order valence-electron chi connectivity index (χ0n) is 15.2. The average Bonchev–Trinajstić information content (AvgIpc) is 2.55. The molecule has 0 saturated carbocycles. The van der Waals surface area contributed by atoms with E-state index in [1.54, 1.807) is 6.08 Å². The van der Waals surface area contributed by atoms with E-state index in [1.807, 2.05) is 0 Å². The van der Waals surface area contributed by atoms with Crippen LogP contribution >= 0.6 is 31.9 Å². The largest absolute Gasteiger partial charge is 0.478 e. The van der Waals surface area contributed by atoms with Gasteiger partial charge >= 0.3 is 5.97 Å². The minimum absolute atomic E-state index is 0.870. The highest BCUT2D eigenvalue weighted by atomic mass is 79.9. The molecule has 1 aromatic rings. The van der Waals surface area contributed by atoms with Crippen LogP contribution in [0, 0.1) is 0 Å². The molecule has 0 amide bonds. The molecule has 25 heavy (non-hydrogen) atoms. The predicted octanol–water partition coefficient (Wildman–Crippen LogP) is 7.77. The maximum atomic E-state index is 10.7. The number of hydrogen-bond donors (Lipinski definition) is 1. The van der Waals surface area contributed by atoms with E-state index in [-0.39, 0.29) is 0 Å². The lowest BCUT2D eigenvalue weighted by molar-refractivity contribution is -0.131. The van der Waals surface area contributed by atoms with Crippen molar-refractivity contribution in [1.82, 2.24) is 0 Å². The Labute approximate surface area is 169 Å². The van der Waals surface area contributed by atoms with Crippen molar-refractivity contribution in [2.45, 2.75) is 77.6 Å². The van der Waals surface area contributed by atoms with E-state index in [2.05, 4.69) is 50.9 Å². The Morgan fingerprint density at radius 2 is 1.40 bits per heavy atom. The van der Waals surface area contributed by atoms with Gasteiger partial charge in [0.05, 0.1) is 0 Å². The summed E-state index contributed by atoms with van der Waals surface area (Å²) in [6.45, 7) is 2.26. The van der Waals surface area contributed by atoms with Gasteiger partial charge in [-0.05, 0) is 36.6 Å². The molecule has 0 aliphatic heterocycles. The van der Waals surface area contributed by atoms with E-state index < -0.39 is 5.97 Å². The van der Waals surface area contributed by atoms with E-state index in [0.29, 0.717) is 0 Å². The summed E-state index contributed by atoms with van der Waals surface area (Å²) in [5, 5.41) is 8.75. The van der Waals surface area contributed by atoms with Crippen LogP contribution in [-0.4, -0.2) is 11.1 Å². The number of halogens is 2. The second-order valence-electron chi connectivity index (χ2n) is 6.58. The Bertz CT molecular complexity index is 530. The highest BCUT2D eigenvalue weighted by molar-refractivity contribution is 9.11. The van der Waals surface area contributed by atoms with Crippen molar-refractivity contribution in [1.29, 1.82) is 0 Å². The molecule has 0 aliphatic carbocycles. The first-order valence-electron chi connectivity index (χ1n) is 9.43. The van der Waals surface area contributed by atoms with Gasteiger partial charge < -0.3 is 5.11 Å². The Morgan fingerprint density at radius 3 is 1.88 bits per heavy atom. The summed E-state index contributed by atoms with van der Waals surface area (Å²) < 4.78 is 1.86. The number of hydrogen-bond acceptors (Lipinski definition) is 1. The van der Waals surface area contributed by atoms with Gasteiger partial charge in [-0.2, -0.15) is 0 Å². The summed E-state index contributed by atoms with van der Waals surface area (Å²) in [6.07, 6.45) is 17.3. The monoisotopic (exact) mass is 472 g/mol. The van der Waals surface area contributed by atoms with Crippen molar-refractivity contribution in [3.05, 3.63) is 38.3 Å². The van der Waals surface area contributed by atoms with Crippen LogP contribution in [0.2, 0.25) is 0 Å². The molecule has 0 spiro atoms. The van der Waals surface area contributed by atoms with Crippen molar-refractivity contribution < 1.29 is 9.90 Å². The van der Waals surface area contributed by atoms with Gasteiger partial charge in [0.15, 0.2) is 0 Å². The number of aliphatic carboxylic acids is 1. The second-order valence-corrected chi connectivity index (χ2v) is 8.29. The Morgan fingerprint density at radius 1 is 0.920 bits per heavy atom. The molecule has 0 fully saturated rings. The Balaban J connectivity index is 2.26. The van der Waals surface area contributed by atoms with Crippen molar-refractivity contribution in [3.8, 4) is 0 Å². The number of unbranched alkanes of at least 4 members (excludes halogenated alkanes) is 9. The zero-order chi connectivity index (χ0) is 18.5. The van der Waals surface area contributed by atoms with E-state index >= 15 is 0 Å². The molecule has 1 N–H and O–H groups in total. The molecule has 1 rings (SSSR count). The molecule has 0 saturated heterocycles. The minimum atomic E-state index is -0.937. The Hall–Kier alpha value is -0.610. The van der Waals surface area contributed by atoms with Crippen LogP contribution in [0.15, 0.2) is 27.2 Å². The van der Waals surface area contributed by atoms with Gasteiger partial charge in [0.2, 0.25) is 0 Å². The first-order valence-corrected chi connectivity index (χ1v) is 11.0. The topological polar surface area (TPSA) is 37.3 Å². The summed E-state index contributed by atoms with van der Waals surface area (Å²) in [5.74, 6) is -0.937. The smallest absolute Gasteiger partial charge is 0.328 e. The zero-order valence-corrected chi connectivity index (χ0v) is 18.4. The molecule has 0 radical (unpaired) electrons. The first kappa shape index (κ1) is 22.4. The summed E-state index contributed by atoms with van der Waals surface area (Å²) in [7, 11) is 0. The van der Waals surface area contributed by atoms with Crippen LogP contribution in [0.3, 0.4) is 0 Å². The number of benzene rings is 1. The first-order chi connectivity index (χ1) is 12.0. The van der Waals surface area contributed by atoms with E-state index in [0.717, 1.165) is 27.0 Å². The summed E-state index contributed by atoms with van der Waals surface area (Å²) in [5.41, 5.74) is 2.15. The van der Waals surface area contributed by atoms with Gasteiger partial charge in [-0.25, -0.2) is 4.79 Å². The molecule has 2 nitrogen and oxygen atoms in total. The van der Waals surface area contributed by atoms with E-state index in [9.17, 15) is 4.79 Å². The van der Waals surface area contributed by atoms with Crippen molar-refractivity contribution in [3.63, 3.8) is 0 Å². The van der Waals surface area contributed by atoms with Gasteiger partial charge in [-0.15, -0.1) is 0 Å². The van der Waals surface area contributed by atoms with Crippen LogP contribution in [0.1, 0.15) is 82.3 Å². The van der Waals surface area contributed by atoms with Crippen molar-refractivity contribution >= 4 is 43.9 Å². The van der Waals surface area contributed by atoms with Gasteiger partial charge in [-0.1, -0.05) is 96.6 Å². The predicted molar refractivity (Wildman–Crippen MR) is 114 cm³/mol. The summed E-state index contributed by atoms with van der Waals surface area (Å²) >= 11 is 7.09. The Kier molecular flexibility index (Phi) is 12.2. The third kappa shape index (κ3) is 10.2. The van der Waals surface area contributed by atoms with Gasteiger partial charge in [0, 0.05) is 20.6 Å². The molecule has 1 aromatic carbocycles. The van der Waals surface area contributed by atoms with Crippen LogP contribution in [0.5, 0.6) is 0 Å². The van der Waals surface area contributed by atoms with Gasteiger partial charge in [0.25, 0.3) is 0 Å². The molecule has 0 aliphatic rings. The molecule has 0 bridgehead atoms. The lowest BCUT2D eigenvalue weighted by Crippen LogP contribution is -1.91. The molecular formula is C21H30Br2O2. The molecule has 0 atom stereocenters. The summed E-state index contributed by atoms with van der Waals surface area (Å²) in [4.78, 5) is 10.7. The summed E-state index contributed by atoms with van der Waals surface area (Å²) in [6, 6.07) is 4.19. The number of rotatable bonds is 13. The molecule has 0 aromatic heterocycles. The maximum absolute atomic E-state index is 10.7. The molecule has 140 valence electrons. The minimum Gasteiger partial charge on any atom is -0.478 e. The van der Waals surface area contributed by atoms with E-state index in [1.165, 1.54) is 69.8 Å². The standard InChI is InChI=1S/C21H30Br2O2/c1-2-3-4-5-6-7-8-9-10-11-12-17-15-19(22)18(20(23)16-17)13-14-21(24)25/h13-16H,2-12H2,1H3,(H,24,25). The van der Waals surface area contributed by atoms with Crippen LogP contribution < -0.4 is 0 Å². The fourth-order valence-corrected chi connectivity index (χ4v) is 4.46. The quantitative estimate of drug-likeness (QED) is 0.234. The number of carboxylic acid groups (broad SMARTS) is 1. The van der Waals surface area contributed by atoms with Crippen molar-refractivity contribution in [2.24, 2.45) is 0 Å². The number of carbonyl (C=O) groups is 1. The second kappa shape index (κ2) is 13.6. The SMILES string of the molecule is CCCCCCCCCCCCc1cc(Br)c(C=CC(=O)O)c(Br)c1. The lowest BCUT2D eigenvalue weighted by atomic mass is 10.0. The normalized spacial score (nSPS) is 11.3. The molecule has 0 unspecified atom stereocenters. The fourth-order valence-electron chi connectivity index (χ4n) is 2.91. The molecular weight excluding hydrogens is 444 g/mol. The van der Waals surface area contributed by atoms with Crippen LogP contribution in [-0.2, 0) is 11.2 Å². The third-order valence-corrected chi connectivity index (χ3v) is 5.66. The average molecular weight is 474 g/mol.